The number of carbonyl (C=O) groups excluding carboxylic acids is 1. The zero-order valence-electron chi connectivity index (χ0n) is 9.84. The standard InChI is InChI=1S/C11H17FN2O2/c1-4-9-8(5-12)10(14-16-9)11(15)13-6-7(2)3/h7H,4-6H2,1-3H3,(H,13,15). The summed E-state index contributed by atoms with van der Waals surface area (Å²) in [7, 11) is 0. The molecule has 0 unspecified atom stereocenters. The Balaban J connectivity index is 2.78. The number of nitrogens with zero attached hydrogens (tertiary/aromatic N) is 1. The third-order valence-electron chi connectivity index (χ3n) is 2.21. The van der Waals surface area contributed by atoms with Gasteiger partial charge in [0.25, 0.3) is 5.91 Å². The monoisotopic (exact) mass is 228 g/mol. The minimum absolute atomic E-state index is 0.0694. The van der Waals surface area contributed by atoms with Gasteiger partial charge in [0.1, 0.15) is 12.4 Å². The molecule has 0 radical (unpaired) electrons. The van der Waals surface area contributed by atoms with Gasteiger partial charge >= 0.3 is 0 Å². The lowest BCUT2D eigenvalue weighted by molar-refractivity contribution is 0.0938. The van der Waals surface area contributed by atoms with Gasteiger partial charge in [-0.1, -0.05) is 25.9 Å². The highest BCUT2D eigenvalue weighted by atomic mass is 19.1. The van der Waals surface area contributed by atoms with E-state index in [1.54, 1.807) is 0 Å². The molecule has 1 aromatic heterocycles. The maximum absolute atomic E-state index is 12.7. The van der Waals surface area contributed by atoms with Crippen LogP contribution in [0.15, 0.2) is 4.52 Å². The maximum atomic E-state index is 12.7. The third kappa shape index (κ3) is 2.81. The minimum atomic E-state index is -0.725. The highest BCUT2D eigenvalue weighted by molar-refractivity contribution is 5.93. The number of hydrogen-bond donors (Lipinski definition) is 1. The van der Waals surface area contributed by atoms with E-state index in [9.17, 15) is 9.18 Å². The summed E-state index contributed by atoms with van der Waals surface area (Å²) >= 11 is 0. The van der Waals surface area contributed by atoms with Crippen molar-refractivity contribution in [3.8, 4) is 0 Å². The predicted octanol–water partition coefficient (Wildman–Crippen LogP) is 2.09. The fourth-order valence-corrected chi connectivity index (χ4v) is 1.32. The summed E-state index contributed by atoms with van der Waals surface area (Å²) < 4.78 is 17.7. The van der Waals surface area contributed by atoms with Crippen molar-refractivity contribution in [3.63, 3.8) is 0 Å². The fraction of sp³-hybridized carbons (Fsp3) is 0.636. The highest BCUT2D eigenvalue weighted by Gasteiger charge is 2.20. The van der Waals surface area contributed by atoms with Crippen molar-refractivity contribution in [3.05, 3.63) is 17.0 Å². The second kappa shape index (κ2) is 5.63. The summed E-state index contributed by atoms with van der Waals surface area (Å²) in [4.78, 5) is 11.7. The lowest BCUT2D eigenvalue weighted by Gasteiger charge is -2.05. The van der Waals surface area contributed by atoms with Crippen LogP contribution in [0.5, 0.6) is 0 Å². The van der Waals surface area contributed by atoms with Crippen LogP contribution in [0, 0.1) is 5.92 Å². The highest BCUT2D eigenvalue weighted by Crippen LogP contribution is 2.16. The number of aromatic nitrogens is 1. The van der Waals surface area contributed by atoms with Gasteiger partial charge in [0.15, 0.2) is 5.69 Å². The first kappa shape index (κ1) is 12.7. The molecule has 0 bridgehead atoms. The number of alkyl halides is 1. The molecule has 0 spiro atoms. The van der Waals surface area contributed by atoms with Crippen molar-refractivity contribution in [1.29, 1.82) is 0 Å². The maximum Gasteiger partial charge on any atom is 0.273 e. The molecule has 0 saturated heterocycles. The van der Waals surface area contributed by atoms with Gasteiger partial charge in [-0.05, 0) is 5.92 Å². The number of hydrogen-bond acceptors (Lipinski definition) is 3. The molecule has 0 fully saturated rings. The Bertz CT molecular complexity index is 361. The lowest BCUT2D eigenvalue weighted by Crippen LogP contribution is -2.28. The zero-order valence-corrected chi connectivity index (χ0v) is 9.84. The first-order valence-corrected chi connectivity index (χ1v) is 5.41. The van der Waals surface area contributed by atoms with E-state index in [-0.39, 0.29) is 17.2 Å². The van der Waals surface area contributed by atoms with Gasteiger partial charge in [0.05, 0.1) is 5.56 Å². The van der Waals surface area contributed by atoms with Crippen LogP contribution in [-0.2, 0) is 13.1 Å². The van der Waals surface area contributed by atoms with Crippen molar-refractivity contribution < 1.29 is 13.7 Å². The Morgan fingerprint density at radius 1 is 1.56 bits per heavy atom. The number of amides is 1. The molecule has 0 aliphatic rings. The average Bonchev–Trinajstić information content (AvgIpc) is 2.68. The molecular weight excluding hydrogens is 211 g/mol. The molecule has 1 N–H and O–H groups in total. The molecule has 1 rings (SSSR count). The van der Waals surface area contributed by atoms with E-state index < -0.39 is 6.67 Å². The number of rotatable bonds is 5. The van der Waals surface area contributed by atoms with Gasteiger partial charge in [-0.15, -0.1) is 0 Å². The first-order chi connectivity index (χ1) is 7.60. The zero-order chi connectivity index (χ0) is 12.1. The summed E-state index contributed by atoms with van der Waals surface area (Å²) in [6.45, 7) is 5.61. The summed E-state index contributed by atoms with van der Waals surface area (Å²) in [5.74, 6) is 0.414. The van der Waals surface area contributed by atoms with E-state index in [0.717, 1.165) is 0 Å². The van der Waals surface area contributed by atoms with E-state index in [1.165, 1.54) is 0 Å². The summed E-state index contributed by atoms with van der Waals surface area (Å²) in [5, 5.41) is 6.29. The third-order valence-corrected chi connectivity index (χ3v) is 2.21. The van der Waals surface area contributed by atoms with Crippen LogP contribution in [0.4, 0.5) is 4.39 Å². The van der Waals surface area contributed by atoms with Crippen LogP contribution in [-0.4, -0.2) is 17.6 Å². The SMILES string of the molecule is CCc1onc(C(=O)NCC(C)C)c1CF. The van der Waals surface area contributed by atoms with Crippen LogP contribution < -0.4 is 5.32 Å². The van der Waals surface area contributed by atoms with Crippen molar-refractivity contribution in [2.75, 3.05) is 6.54 Å². The van der Waals surface area contributed by atoms with E-state index in [0.29, 0.717) is 24.6 Å². The van der Waals surface area contributed by atoms with E-state index in [1.807, 2.05) is 20.8 Å². The number of halogens is 1. The molecule has 0 atom stereocenters. The molecular formula is C11H17FN2O2. The van der Waals surface area contributed by atoms with Gasteiger partial charge in [-0.3, -0.25) is 4.79 Å². The van der Waals surface area contributed by atoms with Crippen LogP contribution in [0.25, 0.3) is 0 Å². The molecule has 0 saturated carbocycles. The normalized spacial score (nSPS) is 10.8. The molecule has 5 heteroatoms. The van der Waals surface area contributed by atoms with Crippen molar-refractivity contribution in [2.24, 2.45) is 5.92 Å². The number of nitrogens with one attached hydrogen (secondary N) is 1. The van der Waals surface area contributed by atoms with Crippen LogP contribution in [0.1, 0.15) is 42.6 Å². The molecule has 0 aliphatic heterocycles. The van der Waals surface area contributed by atoms with Crippen LogP contribution in [0.3, 0.4) is 0 Å². The van der Waals surface area contributed by atoms with E-state index in [2.05, 4.69) is 10.5 Å². The fourth-order valence-electron chi connectivity index (χ4n) is 1.32. The topological polar surface area (TPSA) is 55.1 Å². The quantitative estimate of drug-likeness (QED) is 0.839. The van der Waals surface area contributed by atoms with Crippen molar-refractivity contribution in [2.45, 2.75) is 33.9 Å². The summed E-state index contributed by atoms with van der Waals surface area (Å²) in [6.07, 6.45) is 0.531. The summed E-state index contributed by atoms with van der Waals surface area (Å²) in [6, 6.07) is 0. The van der Waals surface area contributed by atoms with Gasteiger partial charge in [0, 0.05) is 13.0 Å². The van der Waals surface area contributed by atoms with Crippen LogP contribution in [0.2, 0.25) is 0 Å². The first-order valence-electron chi connectivity index (χ1n) is 5.41. The van der Waals surface area contributed by atoms with E-state index >= 15 is 0 Å². The Hall–Kier alpha value is -1.39. The largest absolute Gasteiger partial charge is 0.360 e. The smallest absolute Gasteiger partial charge is 0.273 e. The van der Waals surface area contributed by atoms with Crippen molar-refractivity contribution >= 4 is 5.91 Å². The molecule has 16 heavy (non-hydrogen) atoms. The second-order valence-corrected chi connectivity index (χ2v) is 4.02. The molecule has 4 nitrogen and oxygen atoms in total. The molecule has 0 aromatic carbocycles. The van der Waals surface area contributed by atoms with Gasteiger partial charge in [-0.2, -0.15) is 0 Å². The molecule has 1 heterocycles. The second-order valence-electron chi connectivity index (χ2n) is 4.02. The Kier molecular flexibility index (Phi) is 4.46. The molecule has 1 amide bonds. The van der Waals surface area contributed by atoms with Gasteiger partial charge in [0.2, 0.25) is 0 Å². The predicted molar refractivity (Wildman–Crippen MR) is 57.9 cm³/mol. The van der Waals surface area contributed by atoms with Crippen molar-refractivity contribution in [1.82, 2.24) is 10.5 Å². The Morgan fingerprint density at radius 2 is 2.25 bits per heavy atom. The van der Waals surface area contributed by atoms with E-state index in [4.69, 9.17) is 4.52 Å². The Labute approximate surface area is 94.2 Å². The number of aryl methyl sites for hydroxylation is 1. The molecule has 1 aromatic rings. The number of carbonyl (C=O) groups is 1. The Morgan fingerprint density at radius 3 is 2.75 bits per heavy atom. The van der Waals surface area contributed by atoms with Gasteiger partial charge < -0.3 is 9.84 Å². The average molecular weight is 228 g/mol. The summed E-state index contributed by atoms with van der Waals surface area (Å²) in [5.41, 5.74) is 0.337. The lowest BCUT2D eigenvalue weighted by atomic mass is 10.1. The van der Waals surface area contributed by atoms with Crippen LogP contribution >= 0.6 is 0 Å². The minimum Gasteiger partial charge on any atom is -0.360 e. The van der Waals surface area contributed by atoms with Gasteiger partial charge in [-0.25, -0.2) is 4.39 Å². The molecule has 0 aliphatic carbocycles. The molecule has 90 valence electrons.